The van der Waals surface area contributed by atoms with Gasteiger partial charge in [-0.15, -0.1) is 0 Å². The van der Waals surface area contributed by atoms with E-state index in [0.717, 1.165) is 5.56 Å². The number of piperidine rings is 1. The normalized spacial score (nSPS) is 20.1. The summed E-state index contributed by atoms with van der Waals surface area (Å²) in [4.78, 5) is 53.4. The highest BCUT2D eigenvalue weighted by Gasteiger charge is 2.40. The molecule has 2 aromatic rings. The van der Waals surface area contributed by atoms with Gasteiger partial charge in [-0.2, -0.15) is 0 Å². The Hall–Kier alpha value is -4.58. The Morgan fingerprint density at radius 1 is 0.886 bits per heavy atom. The van der Waals surface area contributed by atoms with Crippen molar-refractivity contribution in [1.82, 2.24) is 26.2 Å². The minimum atomic E-state index is -0.701. The van der Waals surface area contributed by atoms with Gasteiger partial charge in [0.1, 0.15) is 12.4 Å². The average Bonchev–Trinajstić information content (AvgIpc) is 3.50. The zero-order valence-electron chi connectivity index (χ0n) is 24.7. The lowest BCUT2D eigenvalue weighted by Gasteiger charge is -2.40. The van der Waals surface area contributed by atoms with Crippen molar-refractivity contribution >= 4 is 23.6 Å². The molecule has 3 aliphatic heterocycles. The molecule has 2 aromatic carbocycles. The third kappa shape index (κ3) is 8.07. The summed E-state index contributed by atoms with van der Waals surface area (Å²) < 4.78 is 16.5. The Morgan fingerprint density at radius 3 is 2.55 bits per heavy atom. The first kappa shape index (κ1) is 30.9. The number of hydrogen-bond acceptors (Lipinski definition) is 8. The minimum Gasteiger partial charge on any atom is -0.491 e. The van der Waals surface area contributed by atoms with Crippen LogP contribution in [0.2, 0.25) is 0 Å². The summed E-state index contributed by atoms with van der Waals surface area (Å²) in [5, 5.41) is 11.7. The van der Waals surface area contributed by atoms with E-state index in [1.165, 1.54) is 6.08 Å². The van der Waals surface area contributed by atoms with Gasteiger partial charge in [0.15, 0.2) is 11.5 Å². The van der Waals surface area contributed by atoms with Gasteiger partial charge < -0.3 is 35.5 Å². The number of allylic oxidation sites excluding steroid dienone is 1. The van der Waals surface area contributed by atoms with E-state index in [9.17, 15) is 19.2 Å². The Labute approximate surface area is 256 Å². The molecule has 12 nitrogen and oxygen atoms in total. The first-order chi connectivity index (χ1) is 21.4. The topological polar surface area (TPSA) is 147 Å². The summed E-state index contributed by atoms with van der Waals surface area (Å²) in [5.74, 6) is 1.09. The summed E-state index contributed by atoms with van der Waals surface area (Å²) in [6, 6.07) is 12.5. The number of amides is 4. The standard InChI is InChI=1S/C32H39N5O7/c38-28-7-3-10-32(31(41)35-14-4-13-34-30(40)24-5-1-2-6-25(24)42-18-15-33-28)11-16-37(17-12-32)21-29(39)36-20-23-8-9-26-27(19-23)44-22-43-26/h1-3,5-9,19H,4,10-18,20-22H2,(H,33,38)(H,34,40)(H,35,41)(H,36,39)/b7-3+. The van der Waals surface area contributed by atoms with Crippen molar-refractivity contribution < 1.29 is 33.4 Å². The second-order valence-corrected chi connectivity index (χ2v) is 11.1. The summed E-state index contributed by atoms with van der Waals surface area (Å²) in [6.45, 7) is 3.20. The van der Waals surface area contributed by atoms with Gasteiger partial charge in [-0.1, -0.05) is 24.3 Å². The molecule has 0 aromatic heterocycles. The van der Waals surface area contributed by atoms with E-state index in [0.29, 0.717) is 81.2 Å². The van der Waals surface area contributed by atoms with Gasteiger partial charge >= 0.3 is 0 Å². The van der Waals surface area contributed by atoms with Crippen molar-refractivity contribution in [1.29, 1.82) is 0 Å². The quantitative estimate of drug-likeness (QED) is 0.410. The van der Waals surface area contributed by atoms with Crippen LogP contribution < -0.4 is 35.5 Å². The number of carbonyl (C=O) groups is 4. The zero-order chi connectivity index (χ0) is 30.8. The molecule has 0 unspecified atom stereocenters. The van der Waals surface area contributed by atoms with Crippen molar-refractivity contribution in [3.05, 3.63) is 65.7 Å². The first-order valence-corrected chi connectivity index (χ1v) is 15.0. The summed E-state index contributed by atoms with van der Waals surface area (Å²) in [6.07, 6.45) is 5.25. The molecule has 1 spiro atoms. The number of para-hydroxylation sites is 1. The van der Waals surface area contributed by atoms with Gasteiger partial charge in [-0.3, -0.25) is 24.1 Å². The second kappa shape index (κ2) is 14.7. The van der Waals surface area contributed by atoms with Crippen LogP contribution in [0.1, 0.15) is 41.6 Å². The minimum absolute atomic E-state index is 0.0827. The third-order valence-electron chi connectivity index (χ3n) is 8.08. The molecule has 3 aliphatic rings. The number of hydrogen-bond donors (Lipinski definition) is 4. The smallest absolute Gasteiger partial charge is 0.255 e. The molecule has 0 saturated carbocycles. The van der Waals surface area contributed by atoms with E-state index >= 15 is 0 Å². The highest BCUT2D eigenvalue weighted by atomic mass is 16.7. The molecule has 0 aliphatic carbocycles. The molecule has 44 heavy (non-hydrogen) atoms. The number of likely N-dealkylation sites (tertiary alicyclic amines) is 1. The molecular weight excluding hydrogens is 566 g/mol. The molecule has 4 N–H and O–H groups in total. The van der Waals surface area contributed by atoms with E-state index in [4.69, 9.17) is 14.2 Å². The predicted molar refractivity (Wildman–Crippen MR) is 161 cm³/mol. The van der Waals surface area contributed by atoms with E-state index in [1.54, 1.807) is 30.3 Å². The first-order valence-electron chi connectivity index (χ1n) is 15.0. The van der Waals surface area contributed by atoms with Crippen molar-refractivity contribution in [2.75, 3.05) is 52.7 Å². The Morgan fingerprint density at radius 2 is 1.68 bits per heavy atom. The fourth-order valence-corrected chi connectivity index (χ4v) is 5.51. The van der Waals surface area contributed by atoms with E-state index in [-0.39, 0.29) is 50.1 Å². The number of ether oxygens (including phenoxy) is 3. The van der Waals surface area contributed by atoms with E-state index in [2.05, 4.69) is 21.3 Å². The fraction of sp³-hybridized carbons (Fsp3) is 0.438. The molecule has 0 bridgehead atoms. The molecule has 234 valence electrons. The van der Waals surface area contributed by atoms with Crippen molar-refractivity contribution in [2.24, 2.45) is 5.41 Å². The molecule has 3 heterocycles. The monoisotopic (exact) mass is 605 g/mol. The highest BCUT2D eigenvalue weighted by Crippen LogP contribution is 2.36. The molecule has 12 heteroatoms. The van der Waals surface area contributed by atoms with Gasteiger partial charge in [0, 0.05) is 19.6 Å². The van der Waals surface area contributed by atoms with Crippen molar-refractivity contribution in [3.8, 4) is 17.2 Å². The van der Waals surface area contributed by atoms with Gasteiger partial charge in [-0.25, -0.2) is 0 Å². The lowest BCUT2D eigenvalue weighted by Crippen LogP contribution is -2.50. The van der Waals surface area contributed by atoms with Crippen LogP contribution in [0.15, 0.2) is 54.6 Å². The van der Waals surface area contributed by atoms with Crippen LogP contribution in [0.25, 0.3) is 0 Å². The van der Waals surface area contributed by atoms with E-state index in [1.807, 2.05) is 23.1 Å². The third-order valence-corrected chi connectivity index (χ3v) is 8.08. The van der Waals surface area contributed by atoms with Gasteiger partial charge in [0.25, 0.3) is 5.91 Å². The van der Waals surface area contributed by atoms with Crippen LogP contribution in [-0.4, -0.2) is 81.2 Å². The van der Waals surface area contributed by atoms with Crippen LogP contribution >= 0.6 is 0 Å². The summed E-state index contributed by atoms with van der Waals surface area (Å²) in [7, 11) is 0. The summed E-state index contributed by atoms with van der Waals surface area (Å²) in [5.41, 5.74) is 0.630. The highest BCUT2D eigenvalue weighted by molar-refractivity contribution is 5.96. The molecular formula is C32H39N5O7. The van der Waals surface area contributed by atoms with Crippen molar-refractivity contribution in [3.63, 3.8) is 0 Å². The SMILES string of the molecule is O=C1/C=C/CC2(CCN(CC(=O)NCc3ccc4c(c3)OCO4)CC2)C(=O)NCCCNC(=O)c2ccccc2OCCN1. The van der Waals surface area contributed by atoms with E-state index < -0.39 is 5.41 Å². The number of carbonyl (C=O) groups excluding carboxylic acids is 4. The molecule has 0 atom stereocenters. The van der Waals surface area contributed by atoms with Gasteiger partial charge in [0.2, 0.25) is 24.5 Å². The lowest BCUT2D eigenvalue weighted by atomic mass is 9.74. The van der Waals surface area contributed by atoms with Crippen LogP contribution in [0, 0.1) is 5.41 Å². The average molecular weight is 606 g/mol. The number of rotatable bonds is 4. The Balaban J connectivity index is 1.15. The second-order valence-electron chi connectivity index (χ2n) is 11.1. The maximum atomic E-state index is 13.5. The summed E-state index contributed by atoms with van der Waals surface area (Å²) >= 11 is 0. The number of benzene rings is 2. The number of fused-ring (bicyclic) bond motifs is 2. The van der Waals surface area contributed by atoms with Crippen LogP contribution in [-0.2, 0) is 20.9 Å². The Kier molecular flexibility index (Phi) is 10.3. The number of nitrogens with zero attached hydrogens (tertiary/aromatic N) is 1. The lowest BCUT2D eigenvalue weighted by molar-refractivity contribution is -0.134. The molecule has 1 saturated heterocycles. The zero-order valence-corrected chi connectivity index (χ0v) is 24.7. The van der Waals surface area contributed by atoms with Crippen LogP contribution in [0.4, 0.5) is 0 Å². The van der Waals surface area contributed by atoms with Gasteiger partial charge in [-0.05, 0) is 74.7 Å². The fourth-order valence-electron chi connectivity index (χ4n) is 5.51. The van der Waals surface area contributed by atoms with Crippen LogP contribution in [0.3, 0.4) is 0 Å². The van der Waals surface area contributed by atoms with Gasteiger partial charge in [0.05, 0.1) is 24.1 Å². The molecule has 1 fully saturated rings. The number of nitrogens with one attached hydrogen (secondary N) is 4. The van der Waals surface area contributed by atoms with Crippen molar-refractivity contribution in [2.45, 2.75) is 32.2 Å². The van der Waals surface area contributed by atoms with Crippen LogP contribution in [0.5, 0.6) is 17.2 Å². The largest absolute Gasteiger partial charge is 0.491 e. The molecule has 4 amide bonds. The molecule has 5 rings (SSSR count). The Bertz CT molecular complexity index is 1390. The maximum Gasteiger partial charge on any atom is 0.255 e. The maximum absolute atomic E-state index is 13.5. The predicted octanol–water partition coefficient (Wildman–Crippen LogP) is 1.50. The molecule has 0 radical (unpaired) electrons.